The van der Waals surface area contributed by atoms with Crippen molar-refractivity contribution in [3.63, 3.8) is 0 Å². The van der Waals surface area contributed by atoms with Gasteiger partial charge in [0, 0.05) is 28.1 Å². The molecule has 10 nitrogen and oxygen atoms in total. The Bertz CT molecular complexity index is 1300. The molecule has 2 aromatic carbocycles. The number of hydrogen-bond donors (Lipinski definition) is 0. The van der Waals surface area contributed by atoms with Gasteiger partial charge in [-0.2, -0.15) is 9.78 Å². The number of carbonyl (C=O) groups excluding carboxylic acids is 1. The van der Waals surface area contributed by atoms with Crippen LogP contribution in [0.25, 0.3) is 10.9 Å². The van der Waals surface area contributed by atoms with E-state index in [4.69, 9.17) is 4.74 Å². The molecule has 11 heteroatoms. The Hall–Kier alpha value is -3.60. The summed E-state index contributed by atoms with van der Waals surface area (Å²) >= 11 is 3.36. The number of halogens is 1. The summed E-state index contributed by atoms with van der Waals surface area (Å²) in [5.41, 5.74) is 0.180. The summed E-state index contributed by atoms with van der Waals surface area (Å²) in [6, 6.07) is 9.06. The number of rotatable bonds is 8. The summed E-state index contributed by atoms with van der Waals surface area (Å²) in [6.07, 6.45) is 1.99. The SMILES string of the molecule is CC[C@H](C)c1nc2ccc(Br)cc2c(=O)n1N=Cc1cc([N+](=O)[O-])ccc1OCC(=O)OC. The maximum absolute atomic E-state index is 13.2. The number of ether oxygens (including phenoxy) is 2. The van der Waals surface area contributed by atoms with Crippen molar-refractivity contribution in [2.75, 3.05) is 13.7 Å². The van der Waals surface area contributed by atoms with E-state index in [2.05, 4.69) is 30.8 Å². The molecule has 1 heterocycles. The van der Waals surface area contributed by atoms with Gasteiger partial charge in [0.2, 0.25) is 0 Å². The monoisotopic (exact) mass is 516 g/mol. The van der Waals surface area contributed by atoms with Gasteiger partial charge >= 0.3 is 5.97 Å². The van der Waals surface area contributed by atoms with Crippen molar-refractivity contribution in [1.82, 2.24) is 9.66 Å². The van der Waals surface area contributed by atoms with Gasteiger partial charge in [-0.25, -0.2) is 9.78 Å². The first-order valence-electron chi connectivity index (χ1n) is 9.99. The topological polar surface area (TPSA) is 126 Å². The zero-order valence-electron chi connectivity index (χ0n) is 18.1. The van der Waals surface area contributed by atoms with E-state index in [1.54, 1.807) is 18.2 Å². The largest absolute Gasteiger partial charge is 0.481 e. The van der Waals surface area contributed by atoms with E-state index in [9.17, 15) is 19.7 Å². The van der Waals surface area contributed by atoms with E-state index >= 15 is 0 Å². The van der Waals surface area contributed by atoms with Crippen LogP contribution in [0.2, 0.25) is 0 Å². The zero-order chi connectivity index (χ0) is 24.1. The number of benzene rings is 2. The standard InChI is InChI=1S/C22H21BrN4O6/c1-4-13(2)21-25-18-7-5-15(23)10-17(18)22(29)26(21)24-11-14-9-16(27(30)31)6-8-19(14)33-12-20(28)32-3/h5-11,13H,4,12H2,1-3H3/t13-/m0/s1. The maximum atomic E-state index is 13.2. The lowest BCUT2D eigenvalue weighted by atomic mass is 10.1. The predicted molar refractivity (Wildman–Crippen MR) is 126 cm³/mol. The number of hydrogen-bond acceptors (Lipinski definition) is 8. The average molecular weight is 517 g/mol. The second-order valence-corrected chi connectivity index (χ2v) is 8.06. The van der Waals surface area contributed by atoms with Crippen molar-refractivity contribution in [2.45, 2.75) is 26.2 Å². The molecule has 0 bridgehead atoms. The van der Waals surface area contributed by atoms with Crippen molar-refractivity contribution < 1.29 is 19.2 Å². The van der Waals surface area contributed by atoms with Crippen LogP contribution >= 0.6 is 15.9 Å². The summed E-state index contributed by atoms with van der Waals surface area (Å²) in [5.74, 6) is -0.0701. The molecule has 1 atom stereocenters. The van der Waals surface area contributed by atoms with Crippen LogP contribution in [-0.2, 0) is 9.53 Å². The first-order valence-corrected chi connectivity index (χ1v) is 10.8. The van der Waals surface area contributed by atoms with Crippen LogP contribution < -0.4 is 10.3 Å². The number of aromatic nitrogens is 2. The van der Waals surface area contributed by atoms with Crippen molar-refractivity contribution in [2.24, 2.45) is 5.10 Å². The second kappa shape index (κ2) is 10.3. The first-order chi connectivity index (χ1) is 15.7. The molecule has 33 heavy (non-hydrogen) atoms. The zero-order valence-corrected chi connectivity index (χ0v) is 19.7. The van der Waals surface area contributed by atoms with E-state index in [0.29, 0.717) is 23.1 Å². The molecule has 0 saturated heterocycles. The van der Waals surface area contributed by atoms with Crippen LogP contribution in [-0.4, -0.2) is 40.5 Å². The maximum Gasteiger partial charge on any atom is 0.343 e. The number of nitrogens with zero attached hydrogens (tertiary/aromatic N) is 4. The van der Waals surface area contributed by atoms with E-state index in [1.807, 2.05) is 13.8 Å². The summed E-state index contributed by atoms with van der Waals surface area (Å²) in [5, 5.41) is 15.9. The Balaban J connectivity index is 2.15. The minimum atomic E-state index is -0.615. The lowest BCUT2D eigenvalue weighted by Gasteiger charge is -2.14. The lowest BCUT2D eigenvalue weighted by molar-refractivity contribution is -0.384. The lowest BCUT2D eigenvalue weighted by Crippen LogP contribution is -2.23. The first kappa shape index (κ1) is 24.1. The van der Waals surface area contributed by atoms with E-state index in [0.717, 1.165) is 4.47 Å². The molecule has 0 fully saturated rings. The molecule has 0 spiro atoms. The van der Waals surface area contributed by atoms with Gasteiger partial charge in [-0.3, -0.25) is 14.9 Å². The molecule has 0 unspecified atom stereocenters. The molecule has 0 aliphatic heterocycles. The second-order valence-electron chi connectivity index (χ2n) is 7.15. The minimum absolute atomic E-state index is 0.0805. The van der Waals surface area contributed by atoms with E-state index in [-0.39, 0.29) is 28.5 Å². The number of nitro groups is 1. The van der Waals surface area contributed by atoms with Gasteiger partial charge in [0.15, 0.2) is 6.61 Å². The quantitative estimate of drug-likeness (QED) is 0.191. The molecule has 172 valence electrons. The Morgan fingerprint density at radius 2 is 2.09 bits per heavy atom. The van der Waals surface area contributed by atoms with Gasteiger partial charge in [0.1, 0.15) is 11.6 Å². The number of non-ortho nitro benzene ring substituents is 1. The number of esters is 1. The number of fused-ring (bicyclic) bond motifs is 1. The summed E-state index contributed by atoms with van der Waals surface area (Å²) < 4.78 is 11.9. The van der Waals surface area contributed by atoms with Crippen LogP contribution in [0.4, 0.5) is 5.69 Å². The molecule has 0 radical (unpaired) electrons. The highest BCUT2D eigenvalue weighted by Gasteiger charge is 2.17. The van der Waals surface area contributed by atoms with Crippen LogP contribution in [0.15, 0.2) is 50.8 Å². The third-order valence-corrected chi connectivity index (χ3v) is 5.47. The Morgan fingerprint density at radius 3 is 2.76 bits per heavy atom. The Kier molecular flexibility index (Phi) is 7.54. The Morgan fingerprint density at radius 1 is 1.33 bits per heavy atom. The van der Waals surface area contributed by atoms with Crippen LogP contribution in [0.5, 0.6) is 5.75 Å². The fourth-order valence-corrected chi connectivity index (χ4v) is 3.34. The highest BCUT2D eigenvalue weighted by Crippen LogP contribution is 2.24. The van der Waals surface area contributed by atoms with Crippen molar-refractivity contribution in [1.29, 1.82) is 0 Å². The van der Waals surface area contributed by atoms with Crippen LogP contribution in [0.1, 0.15) is 37.6 Å². The predicted octanol–water partition coefficient (Wildman–Crippen LogP) is 4.01. The van der Waals surface area contributed by atoms with Gasteiger partial charge in [-0.05, 0) is 30.7 Å². The molecule has 0 amide bonds. The van der Waals surface area contributed by atoms with Gasteiger partial charge in [0.05, 0.1) is 29.2 Å². The molecule has 0 saturated carbocycles. The molecular formula is C22H21BrN4O6. The minimum Gasteiger partial charge on any atom is -0.481 e. The van der Waals surface area contributed by atoms with Gasteiger partial charge in [-0.1, -0.05) is 29.8 Å². The molecular weight excluding hydrogens is 496 g/mol. The third-order valence-electron chi connectivity index (χ3n) is 4.98. The van der Waals surface area contributed by atoms with E-state index < -0.39 is 17.5 Å². The highest BCUT2D eigenvalue weighted by molar-refractivity contribution is 9.10. The number of methoxy groups -OCH3 is 1. The van der Waals surface area contributed by atoms with Gasteiger partial charge in [-0.15, -0.1) is 0 Å². The Labute approximate surface area is 197 Å². The third kappa shape index (κ3) is 5.43. The van der Waals surface area contributed by atoms with Gasteiger partial charge in [0.25, 0.3) is 11.2 Å². The van der Waals surface area contributed by atoms with Crippen LogP contribution in [0, 0.1) is 10.1 Å². The molecule has 0 aliphatic rings. The molecule has 0 N–H and O–H groups in total. The average Bonchev–Trinajstić information content (AvgIpc) is 2.81. The van der Waals surface area contributed by atoms with Crippen molar-refractivity contribution in [3.8, 4) is 5.75 Å². The molecule has 1 aromatic heterocycles. The fraction of sp³-hybridized carbons (Fsp3) is 0.273. The number of nitro benzene ring substituents is 1. The van der Waals surface area contributed by atoms with Gasteiger partial charge < -0.3 is 9.47 Å². The highest BCUT2D eigenvalue weighted by atomic mass is 79.9. The van der Waals surface area contributed by atoms with E-state index in [1.165, 1.54) is 36.2 Å². The smallest absolute Gasteiger partial charge is 0.343 e. The summed E-state index contributed by atoms with van der Waals surface area (Å²) in [7, 11) is 1.22. The van der Waals surface area contributed by atoms with Crippen molar-refractivity contribution >= 4 is 44.7 Å². The van der Waals surface area contributed by atoms with Crippen LogP contribution in [0.3, 0.4) is 0 Å². The molecule has 3 rings (SSSR count). The number of carbonyl (C=O) groups is 1. The molecule has 3 aromatic rings. The van der Waals surface area contributed by atoms with Crippen molar-refractivity contribution in [3.05, 3.63) is 72.7 Å². The summed E-state index contributed by atoms with van der Waals surface area (Å²) in [6.45, 7) is 3.51. The fourth-order valence-electron chi connectivity index (χ4n) is 2.98. The summed E-state index contributed by atoms with van der Waals surface area (Å²) in [4.78, 5) is 40.0. The normalized spacial score (nSPS) is 12.1. The molecule has 0 aliphatic carbocycles.